The fourth-order valence-electron chi connectivity index (χ4n) is 2.51. The van der Waals surface area contributed by atoms with Crippen LogP contribution in [0.5, 0.6) is 0 Å². The number of likely N-dealkylation sites (tertiary alicyclic amines) is 1. The largest absolute Gasteiger partial charge is 0.327 e. The molecular formula is C10H20N2. The van der Waals surface area contributed by atoms with Gasteiger partial charge in [-0.2, -0.15) is 0 Å². The third kappa shape index (κ3) is 1.17. The Labute approximate surface area is 75.1 Å². The maximum absolute atomic E-state index is 5.94. The molecule has 2 rings (SSSR count). The molecule has 1 unspecified atom stereocenters. The van der Waals surface area contributed by atoms with Gasteiger partial charge in [-0.25, -0.2) is 0 Å². The van der Waals surface area contributed by atoms with Gasteiger partial charge in [-0.05, 0) is 39.0 Å². The number of rotatable bonds is 0. The lowest BCUT2D eigenvalue weighted by Gasteiger charge is -2.36. The van der Waals surface area contributed by atoms with E-state index >= 15 is 0 Å². The summed E-state index contributed by atoms with van der Waals surface area (Å²) in [5.74, 6) is 1.73. The quantitative estimate of drug-likeness (QED) is 0.586. The highest BCUT2D eigenvalue weighted by Gasteiger charge is 2.47. The molecule has 0 aromatic rings. The molecule has 0 spiro atoms. The average Bonchev–Trinajstić information content (AvgIpc) is 2.24. The van der Waals surface area contributed by atoms with Crippen molar-refractivity contribution in [2.24, 2.45) is 17.6 Å². The number of nitrogens with zero attached hydrogens (tertiary/aromatic N) is 1. The topological polar surface area (TPSA) is 29.3 Å². The van der Waals surface area contributed by atoms with Gasteiger partial charge in [-0.15, -0.1) is 0 Å². The van der Waals surface area contributed by atoms with Crippen molar-refractivity contribution >= 4 is 0 Å². The van der Waals surface area contributed by atoms with Gasteiger partial charge in [-0.3, -0.25) is 4.90 Å². The third-order valence-corrected chi connectivity index (χ3v) is 3.57. The van der Waals surface area contributed by atoms with Gasteiger partial charge in [0.05, 0.1) is 0 Å². The second-order valence-electron chi connectivity index (χ2n) is 5.40. The number of hydrogen-bond acceptors (Lipinski definition) is 2. The summed E-state index contributed by atoms with van der Waals surface area (Å²) in [6, 6.07) is 0.502. The van der Waals surface area contributed by atoms with E-state index in [-0.39, 0.29) is 0 Å². The first-order chi connectivity index (χ1) is 5.48. The van der Waals surface area contributed by atoms with Crippen LogP contribution in [0.3, 0.4) is 0 Å². The van der Waals surface area contributed by atoms with E-state index in [9.17, 15) is 0 Å². The van der Waals surface area contributed by atoms with Crippen molar-refractivity contribution in [1.29, 1.82) is 0 Å². The first-order valence-electron chi connectivity index (χ1n) is 4.99. The summed E-state index contributed by atoms with van der Waals surface area (Å²) < 4.78 is 0. The molecule has 2 heteroatoms. The van der Waals surface area contributed by atoms with Gasteiger partial charge in [0.15, 0.2) is 0 Å². The van der Waals surface area contributed by atoms with Crippen LogP contribution in [0.25, 0.3) is 0 Å². The van der Waals surface area contributed by atoms with Gasteiger partial charge in [0.2, 0.25) is 0 Å². The van der Waals surface area contributed by atoms with Crippen molar-refractivity contribution in [3.63, 3.8) is 0 Å². The minimum Gasteiger partial charge on any atom is -0.327 e. The molecule has 3 atom stereocenters. The van der Waals surface area contributed by atoms with E-state index in [1.807, 2.05) is 0 Å². The fourth-order valence-corrected chi connectivity index (χ4v) is 2.51. The number of hydrogen-bond donors (Lipinski definition) is 1. The van der Waals surface area contributed by atoms with Crippen LogP contribution in [0.2, 0.25) is 0 Å². The second-order valence-corrected chi connectivity index (χ2v) is 5.40. The fraction of sp³-hybridized carbons (Fsp3) is 1.00. The van der Waals surface area contributed by atoms with Gasteiger partial charge in [0, 0.05) is 24.7 Å². The molecule has 1 heterocycles. The lowest BCUT2D eigenvalue weighted by atomic mass is 9.72. The molecule has 2 aliphatic rings. The van der Waals surface area contributed by atoms with Crippen LogP contribution in [-0.2, 0) is 0 Å². The normalized spacial score (nSPS) is 42.5. The average molecular weight is 168 g/mol. The molecule has 2 N–H and O–H groups in total. The highest BCUT2D eigenvalue weighted by molar-refractivity contribution is 5.02. The Morgan fingerprint density at radius 3 is 2.33 bits per heavy atom. The Balaban J connectivity index is 1.99. The molecule has 0 aromatic heterocycles. The van der Waals surface area contributed by atoms with Crippen molar-refractivity contribution in [2.75, 3.05) is 13.1 Å². The highest BCUT2D eigenvalue weighted by atomic mass is 15.2. The Morgan fingerprint density at radius 2 is 1.92 bits per heavy atom. The lowest BCUT2D eigenvalue weighted by Crippen LogP contribution is -2.46. The highest BCUT2D eigenvalue weighted by Crippen LogP contribution is 2.41. The van der Waals surface area contributed by atoms with Crippen LogP contribution in [0.15, 0.2) is 0 Å². The number of fused-ring (bicyclic) bond motifs is 1. The molecule has 1 saturated carbocycles. The van der Waals surface area contributed by atoms with Crippen LogP contribution in [0, 0.1) is 11.8 Å². The molecule has 70 valence electrons. The van der Waals surface area contributed by atoms with Gasteiger partial charge in [-0.1, -0.05) is 0 Å². The van der Waals surface area contributed by atoms with E-state index in [4.69, 9.17) is 5.73 Å². The maximum atomic E-state index is 5.94. The summed E-state index contributed by atoms with van der Waals surface area (Å²) in [6.07, 6.45) is 1.26. The van der Waals surface area contributed by atoms with E-state index in [1.54, 1.807) is 0 Å². The van der Waals surface area contributed by atoms with E-state index in [2.05, 4.69) is 25.7 Å². The van der Waals surface area contributed by atoms with E-state index in [1.165, 1.54) is 19.5 Å². The lowest BCUT2D eigenvalue weighted by molar-refractivity contribution is 0.168. The molecular weight excluding hydrogens is 148 g/mol. The molecule has 1 saturated heterocycles. The van der Waals surface area contributed by atoms with Crippen molar-refractivity contribution in [1.82, 2.24) is 4.90 Å². The van der Waals surface area contributed by atoms with E-state index in [0.717, 1.165) is 11.8 Å². The van der Waals surface area contributed by atoms with Crippen molar-refractivity contribution < 1.29 is 0 Å². The first kappa shape index (κ1) is 8.52. The van der Waals surface area contributed by atoms with Gasteiger partial charge in [0.1, 0.15) is 0 Å². The summed E-state index contributed by atoms with van der Waals surface area (Å²) in [7, 11) is 0. The van der Waals surface area contributed by atoms with Crippen LogP contribution in [0.1, 0.15) is 27.2 Å². The molecule has 0 bridgehead atoms. The zero-order valence-electron chi connectivity index (χ0n) is 8.38. The van der Waals surface area contributed by atoms with Crippen molar-refractivity contribution in [3.05, 3.63) is 0 Å². The molecule has 2 fully saturated rings. The van der Waals surface area contributed by atoms with E-state index < -0.39 is 0 Å². The molecule has 1 aliphatic heterocycles. The van der Waals surface area contributed by atoms with Gasteiger partial charge in [0.25, 0.3) is 0 Å². The molecule has 0 radical (unpaired) electrons. The Morgan fingerprint density at radius 1 is 1.25 bits per heavy atom. The third-order valence-electron chi connectivity index (χ3n) is 3.57. The van der Waals surface area contributed by atoms with Crippen LogP contribution >= 0.6 is 0 Å². The molecule has 2 nitrogen and oxygen atoms in total. The predicted octanol–water partition coefficient (Wildman–Crippen LogP) is 1.06. The van der Waals surface area contributed by atoms with Gasteiger partial charge < -0.3 is 5.73 Å². The van der Waals surface area contributed by atoms with E-state index in [0.29, 0.717) is 11.6 Å². The Bertz CT molecular complexity index is 183. The molecule has 1 aliphatic carbocycles. The standard InChI is InChI=1S/C10H20N2/c1-10(2,3)12-5-7-4-9(11)8(7)6-12/h7-9H,4-6,11H2,1-3H3/t7-,8?,9-/m1/s1. The second kappa shape index (κ2) is 2.46. The molecule has 12 heavy (non-hydrogen) atoms. The summed E-state index contributed by atoms with van der Waals surface area (Å²) in [5.41, 5.74) is 6.29. The van der Waals surface area contributed by atoms with Crippen LogP contribution in [0.4, 0.5) is 0 Å². The maximum Gasteiger partial charge on any atom is 0.0125 e. The number of nitrogens with two attached hydrogens (primary N) is 1. The predicted molar refractivity (Wildman–Crippen MR) is 50.9 cm³/mol. The summed E-state index contributed by atoms with van der Waals surface area (Å²) >= 11 is 0. The summed E-state index contributed by atoms with van der Waals surface area (Å²) in [4.78, 5) is 2.58. The zero-order chi connectivity index (χ0) is 8.93. The van der Waals surface area contributed by atoms with Crippen LogP contribution in [-0.4, -0.2) is 29.6 Å². The SMILES string of the molecule is CC(C)(C)N1CC2[C@H](C[C@H]2N)C1. The minimum absolute atomic E-state index is 0.344. The molecule has 0 aromatic carbocycles. The van der Waals surface area contributed by atoms with Gasteiger partial charge >= 0.3 is 0 Å². The first-order valence-corrected chi connectivity index (χ1v) is 4.99. The minimum atomic E-state index is 0.344. The Kier molecular flexibility index (Phi) is 1.74. The summed E-state index contributed by atoms with van der Waals surface area (Å²) in [6.45, 7) is 9.40. The smallest absolute Gasteiger partial charge is 0.0125 e. The van der Waals surface area contributed by atoms with Crippen molar-refractivity contribution in [3.8, 4) is 0 Å². The van der Waals surface area contributed by atoms with Crippen molar-refractivity contribution in [2.45, 2.75) is 38.8 Å². The Hall–Kier alpha value is -0.0800. The monoisotopic (exact) mass is 168 g/mol. The molecule has 0 amide bonds. The summed E-state index contributed by atoms with van der Waals surface area (Å²) in [5, 5.41) is 0. The van der Waals surface area contributed by atoms with Crippen LogP contribution < -0.4 is 5.73 Å². The zero-order valence-corrected chi connectivity index (χ0v) is 8.38.